The first-order valence-corrected chi connectivity index (χ1v) is 5.62. The predicted octanol–water partition coefficient (Wildman–Crippen LogP) is 3.26. The molecular weight excluding hydrogens is 266 g/mol. The average molecular weight is 276 g/mol. The number of ketones is 1. The van der Waals surface area contributed by atoms with Gasteiger partial charge in [0.1, 0.15) is 0 Å². The van der Waals surface area contributed by atoms with Crippen molar-refractivity contribution in [3.63, 3.8) is 0 Å². The molecule has 0 unspecified atom stereocenters. The minimum absolute atomic E-state index is 0.00120. The van der Waals surface area contributed by atoms with Gasteiger partial charge in [0, 0.05) is 21.3 Å². The Morgan fingerprint density at radius 1 is 1.00 bits per heavy atom. The van der Waals surface area contributed by atoms with E-state index >= 15 is 0 Å². The Hall–Kier alpha value is -1.61. The number of halogens is 1. The molecule has 0 saturated carbocycles. The van der Waals surface area contributed by atoms with E-state index in [2.05, 4.69) is 15.9 Å². The van der Waals surface area contributed by atoms with Crippen molar-refractivity contribution in [2.75, 3.05) is 5.73 Å². The van der Waals surface area contributed by atoms with E-state index in [1.807, 2.05) is 12.1 Å². The zero-order chi connectivity index (χ0) is 11.5. The van der Waals surface area contributed by atoms with Gasteiger partial charge in [-0.15, -0.1) is 0 Å². The van der Waals surface area contributed by atoms with Crippen LogP contribution in [-0.2, 0) is 0 Å². The lowest BCUT2D eigenvalue weighted by molar-refractivity contribution is 0.103. The molecule has 2 N–H and O–H groups in total. The van der Waals surface area contributed by atoms with Crippen LogP contribution < -0.4 is 5.73 Å². The van der Waals surface area contributed by atoms with E-state index in [0.29, 0.717) is 16.8 Å². The van der Waals surface area contributed by atoms with Crippen molar-refractivity contribution in [2.24, 2.45) is 0 Å². The fourth-order valence-electron chi connectivity index (χ4n) is 1.43. The molecule has 0 fully saturated rings. The number of hydrogen-bond acceptors (Lipinski definition) is 2. The number of nitrogens with two attached hydrogens (primary N) is 1. The van der Waals surface area contributed by atoms with Crippen LogP contribution in [-0.4, -0.2) is 5.78 Å². The molecule has 80 valence electrons. The number of carbonyl (C=O) groups excluding carboxylic acids is 1. The maximum absolute atomic E-state index is 12.0. The lowest BCUT2D eigenvalue weighted by atomic mass is 10.0. The summed E-state index contributed by atoms with van der Waals surface area (Å²) in [5.41, 5.74) is 7.54. The Bertz CT molecular complexity index is 520. The summed E-state index contributed by atoms with van der Waals surface area (Å²) in [6.07, 6.45) is 0. The van der Waals surface area contributed by atoms with Gasteiger partial charge < -0.3 is 5.73 Å². The average Bonchev–Trinajstić information content (AvgIpc) is 2.29. The molecule has 2 rings (SSSR count). The molecule has 0 aliphatic carbocycles. The summed E-state index contributed by atoms with van der Waals surface area (Å²) in [4.78, 5) is 12.0. The van der Waals surface area contributed by atoms with Gasteiger partial charge in [-0.1, -0.05) is 28.1 Å². The Labute approximate surface area is 102 Å². The molecule has 0 spiro atoms. The summed E-state index contributed by atoms with van der Waals surface area (Å²) in [7, 11) is 0. The highest BCUT2D eigenvalue weighted by molar-refractivity contribution is 9.10. The number of nitrogen functional groups attached to an aromatic ring is 1. The van der Waals surface area contributed by atoms with E-state index in [-0.39, 0.29) is 5.78 Å². The number of carbonyl (C=O) groups is 1. The minimum Gasteiger partial charge on any atom is -0.399 e. The molecule has 2 aromatic rings. The standard InChI is InChI=1S/C13H10BrNO/c14-11-3-1-2-10(8-11)13(16)9-4-6-12(15)7-5-9/h1-8H,15H2. The maximum atomic E-state index is 12.0. The summed E-state index contributed by atoms with van der Waals surface area (Å²) < 4.78 is 0.897. The van der Waals surface area contributed by atoms with Crippen LogP contribution in [0.4, 0.5) is 5.69 Å². The number of hydrogen-bond donors (Lipinski definition) is 1. The first-order valence-electron chi connectivity index (χ1n) is 4.82. The summed E-state index contributed by atoms with van der Waals surface area (Å²) in [6.45, 7) is 0. The molecule has 0 saturated heterocycles. The first kappa shape index (κ1) is 10.9. The van der Waals surface area contributed by atoms with Gasteiger partial charge >= 0.3 is 0 Å². The Morgan fingerprint density at radius 2 is 1.69 bits per heavy atom. The van der Waals surface area contributed by atoms with E-state index in [1.54, 1.807) is 36.4 Å². The number of rotatable bonds is 2. The fraction of sp³-hybridized carbons (Fsp3) is 0. The lowest BCUT2D eigenvalue weighted by Gasteiger charge is -2.02. The highest BCUT2D eigenvalue weighted by Gasteiger charge is 2.08. The zero-order valence-electron chi connectivity index (χ0n) is 8.48. The largest absolute Gasteiger partial charge is 0.399 e. The summed E-state index contributed by atoms with van der Waals surface area (Å²) in [6, 6.07) is 14.3. The Morgan fingerprint density at radius 3 is 2.31 bits per heavy atom. The second-order valence-corrected chi connectivity index (χ2v) is 4.38. The molecule has 0 heterocycles. The molecule has 0 bridgehead atoms. The molecule has 0 aromatic heterocycles. The predicted molar refractivity (Wildman–Crippen MR) is 68.4 cm³/mol. The smallest absolute Gasteiger partial charge is 0.193 e. The van der Waals surface area contributed by atoms with Crippen molar-refractivity contribution in [1.82, 2.24) is 0 Å². The molecule has 2 nitrogen and oxygen atoms in total. The molecule has 16 heavy (non-hydrogen) atoms. The molecule has 2 aromatic carbocycles. The lowest BCUT2D eigenvalue weighted by Crippen LogP contribution is -2.01. The Kier molecular flexibility index (Phi) is 3.06. The van der Waals surface area contributed by atoms with Crippen LogP contribution in [0.1, 0.15) is 15.9 Å². The number of benzene rings is 2. The Balaban J connectivity index is 2.35. The van der Waals surface area contributed by atoms with Crippen LogP contribution >= 0.6 is 15.9 Å². The van der Waals surface area contributed by atoms with Gasteiger partial charge in [0.25, 0.3) is 0 Å². The van der Waals surface area contributed by atoms with Gasteiger partial charge in [0.2, 0.25) is 0 Å². The topological polar surface area (TPSA) is 43.1 Å². The zero-order valence-corrected chi connectivity index (χ0v) is 10.1. The highest BCUT2D eigenvalue weighted by atomic mass is 79.9. The molecule has 3 heteroatoms. The van der Waals surface area contributed by atoms with E-state index in [0.717, 1.165) is 4.47 Å². The first-order chi connectivity index (χ1) is 7.66. The van der Waals surface area contributed by atoms with Crippen LogP contribution in [0.5, 0.6) is 0 Å². The quantitative estimate of drug-likeness (QED) is 0.675. The SMILES string of the molecule is Nc1ccc(C(=O)c2cccc(Br)c2)cc1. The molecule has 0 amide bonds. The molecule has 0 aliphatic heterocycles. The van der Waals surface area contributed by atoms with E-state index < -0.39 is 0 Å². The normalized spacial score (nSPS) is 10.1. The third-order valence-corrected chi connectivity index (χ3v) is 2.75. The van der Waals surface area contributed by atoms with E-state index in [1.165, 1.54) is 0 Å². The van der Waals surface area contributed by atoms with E-state index in [4.69, 9.17) is 5.73 Å². The van der Waals surface area contributed by atoms with Crippen LogP contribution in [0.25, 0.3) is 0 Å². The van der Waals surface area contributed by atoms with Crippen LogP contribution in [0.15, 0.2) is 53.0 Å². The second kappa shape index (κ2) is 4.49. The highest BCUT2D eigenvalue weighted by Crippen LogP contribution is 2.16. The summed E-state index contributed by atoms with van der Waals surface area (Å²) in [5.74, 6) is 0.00120. The molecule has 0 atom stereocenters. The van der Waals surface area contributed by atoms with Gasteiger partial charge in [-0.3, -0.25) is 4.79 Å². The third kappa shape index (κ3) is 2.31. The van der Waals surface area contributed by atoms with E-state index in [9.17, 15) is 4.79 Å². The van der Waals surface area contributed by atoms with Crippen LogP contribution in [0.2, 0.25) is 0 Å². The van der Waals surface area contributed by atoms with Crippen molar-refractivity contribution in [2.45, 2.75) is 0 Å². The minimum atomic E-state index is 0.00120. The van der Waals surface area contributed by atoms with Gasteiger partial charge in [0.05, 0.1) is 0 Å². The van der Waals surface area contributed by atoms with Gasteiger partial charge in [-0.05, 0) is 36.4 Å². The number of anilines is 1. The maximum Gasteiger partial charge on any atom is 0.193 e. The molecule has 0 radical (unpaired) electrons. The molecule has 0 aliphatic rings. The van der Waals surface area contributed by atoms with Crippen LogP contribution in [0.3, 0.4) is 0 Å². The second-order valence-electron chi connectivity index (χ2n) is 3.46. The van der Waals surface area contributed by atoms with Gasteiger partial charge in [0.15, 0.2) is 5.78 Å². The van der Waals surface area contributed by atoms with Crippen molar-refractivity contribution in [3.05, 3.63) is 64.1 Å². The van der Waals surface area contributed by atoms with Gasteiger partial charge in [-0.2, -0.15) is 0 Å². The van der Waals surface area contributed by atoms with Crippen molar-refractivity contribution < 1.29 is 4.79 Å². The summed E-state index contributed by atoms with van der Waals surface area (Å²) in [5, 5.41) is 0. The van der Waals surface area contributed by atoms with Crippen molar-refractivity contribution in [3.8, 4) is 0 Å². The molecular formula is C13H10BrNO. The third-order valence-electron chi connectivity index (χ3n) is 2.26. The fourth-order valence-corrected chi connectivity index (χ4v) is 1.83. The van der Waals surface area contributed by atoms with Crippen LogP contribution in [0, 0.1) is 0 Å². The van der Waals surface area contributed by atoms with Crippen molar-refractivity contribution in [1.29, 1.82) is 0 Å². The van der Waals surface area contributed by atoms with Gasteiger partial charge in [-0.25, -0.2) is 0 Å². The van der Waals surface area contributed by atoms with Crippen molar-refractivity contribution >= 4 is 27.4 Å². The summed E-state index contributed by atoms with van der Waals surface area (Å²) >= 11 is 3.34. The monoisotopic (exact) mass is 275 g/mol.